The summed E-state index contributed by atoms with van der Waals surface area (Å²) in [5, 5.41) is 3.39. The number of fused-ring (bicyclic) bond motifs is 1. The van der Waals surface area contributed by atoms with E-state index in [1.165, 1.54) is 12.5 Å². The second-order valence-electron chi connectivity index (χ2n) is 7.22. The fraction of sp³-hybridized carbons (Fsp3) is 0.611. The van der Waals surface area contributed by atoms with E-state index in [2.05, 4.69) is 29.1 Å². The van der Waals surface area contributed by atoms with Crippen molar-refractivity contribution in [3.8, 4) is 5.75 Å². The first-order valence-corrected chi connectivity index (χ1v) is 8.46. The quantitative estimate of drug-likeness (QED) is 0.425. The molecule has 5 nitrogen and oxygen atoms in total. The number of nitrogens with one attached hydrogen (secondary N) is 1. The molecule has 1 saturated heterocycles. The summed E-state index contributed by atoms with van der Waals surface area (Å²) in [4.78, 5) is 6.66. The molecule has 140 valence electrons. The Hall–Kier alpha value is -1.09. The molecule has 2 aliphatic heterocycles. The largest absolute Gasteiger partial charge is 0.467 e. The van der Waals surface area contributed by atoms with Crippen LogP contribution in [0, 0.1) is 11.2 Å². The zero-order valence-corrected chi connectivity index (χ0v) is 17.4. The Kier molecular flexibility index (Phi) is 6.90. The Bertz CT molecular complexity index is 637. The van der Waals surface area contributed by atoms with Gasteiger partial charge < -0.3 is 19.7 Å². The van der Waals surface area contributed by atoms with Gasteiger partial charge in [0, 0.05) is 32.2 Å². The lowest BCUT2D eigenvalue weighted by molar-refractivity contribution is -0.0172. The van der Waals surface area contributed by atoms with Crippen LogP contribution in [0.25, 0.3) is 0 Å². The van der Waals surface area contributed by atoms with Crippen LogP contribution in [0.15, 0.2) is 17.1 Å². The maximum absolute atomic E-state index is 13.8. The molecule has 1 aromatic carbocycles. The number of hydrogen-bond donors (Lipinski definition) is 1. The van der Waals surface area contributed by atoms with Gasteiger partial charge in [-0.15, -0.1) is 24.0 Å². The normalized spacial score (nSPS) is 19.0. The molecular weight excluding hydrogens is 436 g/mol. The molecule has 0 spiro atoms. The Labute approximate surface area is 166 Å². The van der Waals surface area contributed by atoms with Crippen LogP contribution in [0.1, 0.15) is 31.4 Å². The van der Waals surface area contributed by atoms with Crippen molar-refractivity contribution in [2.45, 2.75) is 33.3 Å². The van der Waals surface area contributed by atoms with Crippen LogP contribution in [0.4, 0.5) is 4.39 Å². The van der Waals surface area contributed by atoms with Gasteiger partial charge >= 0.3 is 0 Å². The number of halogens is 2. The van der Waals surface area contributed by atoms with Crippen LogP contribution >= 0.6 is 24.0 Å². The Morgan fingerprint density at radius 1 is 1.40 bits per heavy atom. The van der Waals surface area contributed by atoms with Gasteiger partial charge in [-0.1, -0.05) is 13.8 Å². The van der Waals surface area contributed by atoms with Crippen LogP contribution in [-0.4, -0.2) is 44.3 Å². The number of rotatable bonds is 3. The molecule has 2 heterocycles. The molecule has 0 amide bonds. The molecule has 0 aliphatic carbocycles. The third-order valence-electron chi connectivity index (χ3n) is 4.62. The number of guanidine groups is 1. The minimum Gasteiger partial charge on any atom is -0.467 e. The van der Waals surface area contributed by atoms with Crippen molar-refractivity contribution in [1.82, 2.24) is 10.2 Å². The van der Waals surface area contributed by atoms with Crippen molar-refractivity contribution in [3.05, 3.63) is 29.1 Å². The van der Waals surface area contributed by atoms with E-state index < -0.39 is 0 Å². The van der Waals surface area contributed by atoms with Crippen molar-refractivity contribution in [1.29, 1.82) is 0 Å². The number of likely N-dealkylation sites (tertiary alicyclic amines) is 1. The molecule has 0 unspecified atom stereocenters. The van der Waals surface area contributed by atoms with E-state index >= 15 is 0 Å². The standard InChI is InChI=1S/C18H26FN3O2.HI/c1-18(2)5-7-22(11-18)17(20-3)21-6-4-13-8-15(19)9-14-10-23-12-24-16(13)14;/h8-9H,4-7,10-12H2,1-3H3,(H,20,21);1H. The summed E-state index contributed by atoms with van der Waals surface area (Å²) >= 11 is 0. The van der Waals surface area contributed by atoms with Crippen LogP contribution < -0.4 is 10.1 Å². The lowest BCUT2D eigenvalue weighted by Gasteiger charge is -2.24. The zero-order chi connectivity index (χ0) is 17.2. The predicted octanol–water partition coefficient (Wildman–Crippen LogP) is 3.16. The van der Waals surface area contributed by atoms with Crippen molar-refractivity contribution in [2.75, 3.05) is 33.5 Å². The number of nitrogens with zero attached hydrogens (tertiary/aromatic N) is 2. The molecule has 0 saturated carbocycles. The molecule has 3 rings (SSSR count). The highest BCUT2D eigenvalue weighted by Gasteiger charge is 2.30. The summed E-state index contributed by atoms with van der Waals surface area (Å²) in [6.07, 6.45) is 1.84. The highest BCUT2D eigenvalue weighted by atomic mass is 127. The van der Waals surface area contributed by atoms with Gasteiger partial charge in [-0.3, -0.25) is 4.99 Å². The molecular formula is C18H27FIN3O2. The maximum atomic E-state index is 13.8. The van der Waals surface area contributed by atoms with Gasteiger partial charge in [-0.2, -0.15) is 0 Å². The Morgan fingerprint density at radius 3 is 2.88 bits per heavy atom. The molecule has 0 radical (unpaired) electrons. The van der Waals surface area contributed by atoms with Crippen LogP contribution in [-0.2, 0) is 17.8 Å². The Balaban J connectivity index is 0.00000225. The lowest BCUT2D eigenvalue weighted by Crippen LogP contribution is -2.41. The molecule has 1 aromatic rings. The van der Waals surface area contributed by atoms with E-state index in [-0.39, 0.29) is 36.6 Å². The third kappa shape index (κ3) is 4.97. The molecule has 2 aliphatic rings. The summed E-state index contributed by atoms with van der Waals surface area (Å²) in [6.45, 7) is 7.88. The van der Waals surface area contributed by atoms with Crippen molar-refractivity contribution < 1.29 is 13.9 Å². The van der Waals surface area contributed by atoms with Crippen LogP contribution in [0.3, 0.4) is 0 Å². The number of aliphatic imine (C=N–C) groups is 1. The number of benzene rings is 1. The predicted molar refractivity (Wildman–Crippen MR) is 107 cm³/mol. The van der Waals surface area contributed by atoms with E-state index in [0.29, 0.717) is 25.0 Å². The first-order valence-electron chi connectivity index (χ1n) is 8.46. The first-order chi connectivity index (χ1) is 11.5. The summed E-state index contributed by atoms with van der Waals surface area (Å²) in [6, 6.07) is 3.03. The molecule has 25 heavy (non-hydrogen) atoms. The SMILES string of the molecule is CN=C(NCCc1cc(F)cc2c1OCOC2)N1CCC(C)(C)C1.I. The fourth-order valence-corrected chi connectivity index (χ4v) is 3.38. The molecule has 7 heteroatoms. The van der Waals surface area contributed by atoms with Crippen LogP contribution in [0.5, 0.6) is 5.75 Å². The molecule has 0 bridgehead atoms. The minimum absolute atomic E-state index is 0. The fourth-order valence-electron chi connectivity index (χ4n) is 3.38. The minimum atomic E-state index is -0.247. The van der Waals surface area contributed by atoms with E-state index in [4.69, 9.17) is 9.47 Å². The second-order valence-corrected chi connectivity index (χ2v) is 7.22. The lowest BCUT2D eigenvalue weighted by atomic mass is 9.93. The third-order valence-corrected chi connectivity index (χ3v) is 4.62. The summed E-state index contributed by atoms with van der Waals surface area (Å²) < 4.78 is 24.6. The van der Waals surface area contributed by atoms with Gasteiger partial charge in [0.05, 0.1) is 6.61 Å². The molecule has 1 fully saturated rings. The monoisotopic (exact) mass is 463 g/mol. The average Bonchev–Trinajstić information content (AvgIpc) is 2.91. The van der Waals surface area contributed by atoms with Crippen LogP contribution in [0.2, 0.25) is 0 Å². The zero-order valence-electron chi connectivity index (χ0n) is 15.1. The highest BCUT2D eigenvalue weighted by molar-refractivity contribution is 14.0. The Morgan fingerprint density at radius 2 is 2.20 bits per heavy atom. The summed E-state index contributed by atoms with van der Waals surface area (Å²) in [5.74, 6) is 1.43. The van der Waals surface area contributed by atoms with Crippen molar-refractivity contribution in [2.24, 2.45) is 10.4 Å². The highest BCUT2D eigenvalue weighted by Crippen LogP contribution is 2.30. The number of ether oxygens (including phenoxy) is 2. The maximum Gasteiger partial charge on any atom is 0.193 e. The van der Waals surface area contributed by atoms with Gasteiger partial charge in [0.2, 0.25) is 0 Å². The summed E-state index contributed by atoms with van der Waals surface area (Å²) in [5.41, 5.74) is 1.98. The van der Waals surface area contributed by atoms with Gasteiger partial charge in [0.15, 0.2) is 12.8 Å². The van der Waals surface area contributed by atoms with Crippen molar-refractivity contribution in [3.63, 3.8) is 0 Å². The number of hydrogen-bond acceptors (Lipinski definition) is 3. The van der Waals surface area contributed by atoms with Gasteiger partial charge in [-0.25, -0.2) is 4.39 Å². The first kappa shape index (κ1) is 20.2. The van der Waals surface area contributed by atoms with Gasteiger partial charge in [0.1, 0.15) is 11.6 Å². The summed E-state index contributed by atoms with van der Waals surface area (Å²) in [7, 11) is 1.80. The van der Waals surface area contributed by atoms with E-state index in [0.717, 1.165) is 35.9 Å². The topological polar surface area (TPSA) is 46.1 Å². The smallest absolute Gasteiger partial charge is 0.193 e. The van der Waals surface area contributed by atoms with Crippen molar-refractivity contribution >= 4 is 29.9 Å². The molecule has 0 aromatic heterocycles. The van der Waals surface area contributed by atoms with Gasteiger partial charge in [-0.05, 0) is 36.0 Å². The average molecular weight is 463 g/mol. The van der Waals surface area contributed by atoms with E-state index in [1.807, 2.05) is 0 Å². The van der Waals surface area contributed by atoms with E-state index in [9.17, 15) is 4.39 Å². The van der Waals surface area contributed by atoms with E-state index in [1.54, 1.807) is 13.1 Å². The molecule has 1 N–H and O–H groups in total. The second kappa shape index (κ2) is 8.53. The van der Waals surface area contributed by atoms with Gasteiger partial charge in [0.25, 0.3) is 0 Å². The molecule has 0 atom stereocenters.